The van der Waals surface area contributed by atoms with E-state index in [1.54, 1.807) is 48.7 Å². The lowest BCUT2D eigenvalue weighted by Gasteiger charge is -2.17. The highest BCUT2D eigenvalue weighted by Gasteiger charge is 2.18. The summed E-state index contributed by atoms with van der Waals surface area (Å²) in [6.07, 6.45) is 1.83. The molecule has 0 spiro atoms. The van der Waals surface area contributed by atoms with Crippen LogP contribution in [0.2, 0.25) is 0 Å². The molecule has 3 rings (SSSR count). The molecule has 134 valence electrons. The lowest BCUT2D eigenvalue weighted by Crippen LogP contribution is -2.20. The predicted molar refractivity (Wildman–Crippen MR) is 94.3 cm³/mol. The van der Waals surface area contributed by atoms with Gasteiger partial charge in [0, 0.05) is 24.3 Å². The van der Waals surface area contributed by atoms with Crippen molar-refractivity contribution >= 4 is 17.5 Å². The van der Waals surface area contributed by atoms with Crippen molar-refractivity contribution in [3.8, 4) is 0 Å². The second kappa shape index (κ2) is 7.73. The summed E-state index contributed by atoms with van der Waals surface area (Å²) < 4.78 is 27.4. The van der Waals surface area contributed by atoms with Gasteiger partial charge in [-0.05, 0) is 36.8 Å². The fraction of sp³-hybridized carbons (Fsp3) is 0.167. The summed E-state index contributed by atoms with van der Waals surface area (Å²) in [6.45, 7) is 1.81. The molecule has 3 aromatic rings. The SMILES string of the molecule is C[C@@H](c1ccc(NC(=O)Nc2ccccn2)cc1)n1ccnc1C(F)F. The third-order valence-electron chi connectivity index (χ3n) is 3.87. The minimum atomic E-state index is -2.64. The van der Waals surface area contributed by atoms with Gasteiger partial charge < -0.3 is 9.88 Å². The van der Waals surface area contributed by atoms with Crippen LogP contribution < -0.4 is 10.6 Å². The third-order valence-corrected chi connectivity index (χ3v) is 3.87. The topological polar surface area (TPSA) is 71.8 Å². The first-order chi connectivity index (χ1) is 12.5. The number of hydrogen-bond donors (Lipinski definition) is 2. The molecule has 6 nitrogen and oxygen atoms in total. The molecule has 1 aromatic carbocycles. The van der Waals surface area contributed by atoms with Crippen molar-refractivity contribution in [3.63, 3.8) is 0 Å². The van der Waals surface area contributed by atoms with Crippen molar-refractivity contribution in [1.82, 2.24) is 14.5 Å². The van der Waals surface area contributed by atoms with Gasteiger partial charge in [0.25, 0.3) is 6.43 Å². The Morgan fingerprint density at radius 1 is 1.04 bits per heavy atom. The average molecular weight is 357 g/mol. The van der Waals surface area contributed by atoms with E-state index in [4.69, 9.17) is 0 Å². The average Bonchev–Trinajstić information content (AvgIpc) is 3.12. The molecule has 2 amide bonds. The summed E-state index contributed by atoms with van der Waals surface area (Å²) in [7, 11) is 0. The summed E-state index contributed by atoms with van der Waals surface area (Å²) in [5.41, 5.74) is 1.40. The number of carbonyl (C=O) groups excluding carboxylic acids is 1. The van der Waals surface area contributed by atoms with Gasteiger partial charge in [0.1, 0.15) is 5.82 Å². The molecular formula is C18H17F2N5O. The number of nitrogens with one attached hydrogen (secondary N) is 2. The van der Waals surface area contributed by atoms with Crippen molar-refractivity contribution < 1.29 is 13.6 Å². The van der Waals surface area contributed by atoms with Crippen LogP contribution in [0.15, 0.2) is 61.1 Å². The third kappa shape index (κ3) is 4.02. The monoisotopic (exact) mass is 357 g/mol. The van der Waals surface area contributed by atoms with E-state index < -0.39 is 12.5 Å². The number of amides is 2. The Hall–Kier alpha value is -3.29. The van der Waals surface area contributed by atoms with Gasteiger partial charge >= 0.3 is 6.03 Å². The maximum Gasteiger partial charge on any atom is 0.324 e. The van der Waals surface area contributed by atoms with Crippen LogP contribution >= 0.6 is 0 Å². The van der Waals surface area contributed by atoms with Gasteiger partial charge in [-0.25, -0.2) is 23.5 Å². The number of pyridine rings is 1. The van der Waals surface area contributed by atoms with E-state index in [0.717, 1.165) is 5.56 Å². The van der Waals surface area contributed by atoms with Crippen LogP contribution in [-0.2, 0) is 0 Å². The van der Waals surface area contributed by atoms with Gasteiger partial charge in [-0.15, -0.1) is 0 Å². The molecule has 26 heavy (non-hydrogen) atoms. The zero-order valence-electron chi connectivity index (χ0n) is 13.9. The second-order valence-electron chi connectivity index (χ2n) is 5.59. The Morgan fingerprint density at radius 2 is 1.81 bits per heavy atom. The molecule has 1 atom stereocenters. The molecule has 0 saturated carbocycles. The van der Waals surface area contributed by atoms with Gasteiger partial charge in [-0.3, -0.25) is 5.32 Å². The van der Waals surface area contributed by atoms with Crippen molar-refractivity contribution in [3.05, 3.63) is 72.4 Å². The highest BCUT2D eigenvalue weighted by atomic mass is 19.3. The summed E-state index contributed by atoms with van der Waals surface area (Å²) in [6, 6.07) is 11.4. The molecule has 0 bridgehead atoms. The number of imidazole rings is 1. The number of urea groups is 1. The highest BCUT2D eigenvalue weighted by molar-refractivity contribution is 5.99. The molecule has 2 N–H and O–H groups in total. The molecule has 0 radical (unpaired) electrons. The maximum absolute atomic E-state index is 13.0. The van der Waals surface area contributed by atoms with Crippen LogP contribution in [-0.4, -0.2) is 20.6 Å². The summed E-state index contributed by atoms with van der Waals surface area (Å²) in [5, 5.41) is 5.30. The van der Waals surface area contributed by atoms with E-state index in [0.29, 0.717) is 11.5 Å². The lowest BCUT2D eigenvalue weighted by atomic mass is 10.1. The van der Waals surface area contributed by atoms with E-state index in [1.807, 2.05) is 6.92 Å². The number of hydrogen-bond acceptors (Lipinski definition) is 3. The quantitative estimate of drug-likeness (QED) is 0.708. The Kier molecular flexibility index (Phi) is 5.21. The van der Waals surface area contributed by atoms with Crippen molar-refractivity contribution in [2.24, 2.45) is 0 Å². The molecule has 0 fully saturated rings. The van der Waals surface area contributed by atoms with E-state index >= 15 is 0 Å². The fourth-order valence-corrected chi connectivity index (χ4v) is 2.54. The molecule has 0 aliphatic rings. The molecule has 0 unspecified atom stereocenters. The normalized spacial score (nSPS) is 12.0. The van der Waals surface area contributed by atoms with Crippen LogP contribution in [0.4, 0.5) is 25.1 Å². The maximum atomic E-state index is 13.0. The lowest BCUT2D eigenvalue weighted by molar-refractivity contribution is 0.134. The minimum Gasteiger partial charge on any atom is -0.323 e. The molecule has 2 aromatic heterocycles. The van der Waals surface area contributed by atoms with Gasteiger partial charge in [-0.2, -0.15) is 0 Å². The van der Waals surface area contributed by atoms with E-state index in [-0.39, 0.29) is 11.9 Å². The zero-order valence-corrected chi connectivity index (χ0v) is 13.9. The Balaban J connectivity index is 1.66. The minimum absolute atomic E-state index is 0.269. The summed E-state index contributed by atoms with van der Waals surface area (Å²) in [4.78, 5) is 19.7. The highest BCUT2D eigenvalue weighted by Crippen LogP contribution is 2.25. The molecular weight excluding hydrogens is 340 g/mol. The number of alkyl halides is 2. The number of anilines is 2. The smallest absolute Gasteiger partial charge is 0.323 e. The van der Waals surface area contributed by atoms with E-state index in [9.17, 15) is 13.6 Å². The Labute approximate surface area is 148 Å². The number of nitrogens with zero attached hydrogens (tertiary/aromatic N) is 3. The first-order valence-corrected chi connectivity index (χ1v) is 7.94. The number of rotatable bonds is 5. The first-order valence-electron chi connectivity index (χ1n) is 7.94. The van der Waals surface area contributed by atoms with Crippen LogP contribution in [0.1, 0.15) is 30.8 Å². The fourth-order valence-electron chi connectivity index (χ4n) is 2.54. The van der Waals surface area contributed by atoms with Crippen LogP contribution in [0.5, 0.6) is 0 Å². The van der Waals surface area contributed by atoms with E-state index in [1.165, 1.54) is 17.0 Å². The summed E-state index contributed by atoms with van der Waals surface area (Å²) in [5.74, 6) is 0.171. The van der Waals surface area contributed by atoms with Crippen molar-refractivity contribution in [2.45, 2.75) is 19.4 Å². The largest absolute Gasteiger partial charge is 0.324 e. The number of carbonyl (C=O) groups is 1. The van der Waals surface area contributed by atoms with Crippen molar-refractivity contribution in [1.29, 1.82) is 0 Å². The van der Waals surface area contributed by atoms with Gasteiger partial charge in [-0.1, -0.05) is 18.2 Å². The van der Waals surface area contributed by atoms with Crippen molar-refractivity contribution in [2.75, 3.05) is 10.6 Å². The molecule has 2 heterocycles. The standard InChI is InChI=1S/C18H17F2N5O/c1-12(25-11-10-22-17(25)16(19)20)13-5-7-14(8-6-13)23-18(26)24-15-4-2-3-9-21-15/h2-12,16H,1H3,(H2,21,23,24,26)/t12-/m0/s1. The predicted octanol–water partition coefficient (Wildman–Crippen LogP) is 4.47. The summed E-state index contributed by atoms with van der Waals surface area (Å²) >= 11 is 0. The number of benzene rings is 1. The molecule has 0 saturated heterocycles. The molecule has 0 aliphatic heterocycles. The number of aromatic nitrogens is 3. The van der Waals surface area contributed by atoms with Gasteiger partial charge in [0.15, 0.2) is 5.82 Å². The zero-order chi connectivity index (χ0) is 18.5. The van der Waals surface area contributed by atoms with Gasteiger partial charge in [0.2, 0.25) is 0 Å². The van der Waals surface area contributed by atoms with Gasteiger partial charge in [0.05, 0.1) is 6.04 Å². The second-order valence-corrected chi connectivity index (χ2v) is 5.59. The van der Waals surface area contributed by atoms with E-state index in [2.05, 4.69) is 20.6 Å². The Bertz CT molecular complexity index is 865. The van der Waals surface area contributed by atoms with Crippen LogP contribution in [0, 0.1) is 0 Å². The first kappa shape index (κ1) is 17.5. The molecule has 0 aliphatic carbocycles. The molecule has 8 heteroatoms. The van der Waals surface area contributed by atoms with Crippen LogP contribution in [0.3, 0.4) is 0 Å². The van der Waals surface area contributed by atoms with Crippen LogP contribution in [0.25, 0.3) is 0 Å². The number of halogens is 2. The Morgan fingerprint density at radius 3 is 2.46 bits per heavy atom.